The van der Waals surface area contributed by atoms with E-state index in [2.05, 4.69) is 29.7 Å². The van der Waals surface area contributed by atoms with Crippen LogP contribution in [0.3, 0.4) is 0 Å². The number of carboxylic acid groups (broad SMARTS) is 2. The second kappa shape index (κ2) is 16.5. The van der Waals surface area contributed by atoms with Crippen LogP contribution in [0.1, 0.15) is 21.0 Å². The van der Waals surface area contributed by atoms with Crippen molar-refractivity contribution in [2.45, 2.75) is 0 Å². The summed E-state index contributed by atoms with van der Waals surface area (Å²) in [5.41, 5.74) is -0.131. The predicted octanol–water partition coefficient (Wildman–Crippen LogP) is -8.78. The molecule has 2 aromatic rings. The van der Waals surface area contributed by atoms with E-state index >= 15 is 0 Å². The molecule has 216 valence electrons. The number of nitrogens with zero attached hydrogens (tertiary/aromatic N) is 8. The van der Waals surface area contributed by atoms with E-state index in [-0.39, 0.29) is 49.1 Å². The fourth-order valence-corrected chi connectivity index (χ4v) is 5.00. The van der Waals surface area contributed by atoms with Gasteiger partial charge in [-0.3, -0.25) is 9.80 Å². The molecule has 4 aliphatic rings. The Bertz CT molecular complexity index is 1070. The Morgan fingerprint density at radius 1 is 0.667 bits per heavy atom. The van der Waals surface area contributed by atoms with Gasteiger partial charge in [-0.1, -0.05) is 0 Å². The summed E-state index contributed by atoms with van der Waals surface area (Å²) < 4.78 is 10.4. The molecule has 4 aliphatic heterocycles. The van der Waals surface area contributed by atoms with Crippen LogP contribution in [0.4, 0.5) is 11.9 Å². The minimum atomic E-state index is -1.27. The van der Waals surface area contributed by atoms with Crippen LogP contribution < -0.4 is 57.7 Å². The Morgan fingerprint density at radius 3 is 1.31 bits per heavy atom. The van der Waals surface area contributed by atoms with Crippen LogP contribution in [0.25, 0.3) is 0 Å². The van der Waals surface area contributed by atoms with Crippen molar-refractivity contribution in [3.8, 4) is 0 Å². The first-order valence-corrected chi connectivity index (χ1v) is 13.6. The van der Waals surface area contributed by atoms with Gasteiger partial charge in [0, 0.05) is 89.7 Å². The molecular weight excluding hydrogens is 534 g/mol. The SMILES string of the molecule is O=C([O-])c1ccnc(N2CCN(CC3COC3)CC2)n1.O=C([O-])c1ccnc(N2CCN(CC3COC3)CC2)n1.[Li+].[Li+]. The monoisotopic (exact) mass is 568 g/mol. The van der Waals surface area contributed by atoms with Crippen molar-refractivity contribution in [2.24, 2.45) is 11.8 Å². The third kappa shape index (κ3) is 9.37. The maximum Gasteiger partial charge on any atom is 1.00 e. The van der Waals surface area contributed by atoms with E-state index in [9.17, 15) is 19.8 Å². The smallest absolute Gasteiger partial charge is 0.543 e. The quantitative estimate of drug-likeness (QED) is 0.276. The predicted molar refractivity (Wildman–Crippen MR) is 139 cm³/mol. The molecule has 16 heteroatoms. The minimum absolute atomic E-state index is 0. The average molecular weight is 568 g/mol. The van der Waals surface area contributed by atoms with Gasteiger partial charge in [-0.2, -0.15) is 0 Å². The van der Waals surface area contributed by atoms with Crippen LogP contribution in [-0.2, 0) is 9.47 Å². The van der Waals surface area contributed by atoms with Crippen LogP contribution in [0, 0.1) is 11.8 Å². The summed E-state index contributed by atoms with van der Waals surface area (Å²) in [5.74, 6) is -0.260. The number of piperazine rings is 2. The van der Waals surface area contributed by atoms with Crippen molar-refractivity contribution in [3.05, 3.63) is 35.9 Å². The molecule has 0 N–H and O–H groups in total. The topological polar surface area (TPSA) is 163 Å². The first-order valence-electron chi connectivity index (χ1n) is 13.6. The van der Waals surface area contributed by atoms with Crippen molar-refractivity contribution in [1.29, 1.82) is 0 Å². The normalized spacial score (nSPS) is 19.7. The van der Waals surface area contributed by atoms with E-state index in [0.29, 0.717) is 23.7 Å². The molecule has 14 nitrogen and oxygen atoms in total. The van der Waals surface area contributed by atoms with Crippen molar-refractivity contribution >= 4 is 23.8 Å². The maximum atomic E-state index is 10.8. The van der Waals surface area contributed by atoms with Crippen molar-refractivity contribution in [2.75, 3.05) is 102 Å². The van der Waals surface area contributed by atoms with E-state index in [1.165, 1.54) is 24.5 Å². The van der Waals surface area contributed by atoms with Gasteiger partial charge < -0.3 is 39.1 Å². The van der Waals surface area contributed by atoms with Crippen LogP contribution in [0.5, 0.6) is 0 Å². The number of carbonyl (C=O) groups is 2. The molecule has 4 saturated heterocycles. The molecule has 0 atom stereocenters. The van der Waals surface area contributed by atoms with Gasteiger partial charge >= 0.3 is 37.7 Å². The average Bonchev–Trinajstić information content (AvgIpc) is 2.94. The Balaban J connectivity index is 0.000000220. The van der Waals surface area contributed by atoms with Crippen LogP contribution in [-0.4, -0.2) is 134 Å². The summed E-state index contributed by atoms with van der Waals surface area (Å²) in [6, 6.07) is 2.71. The summed E-state index contributed by atoms with van der Waals surface area (Å²) in [6.07, 6.45) is 2.93. The Kier molecular flexibility index (Phi) is 13.5. The van der Waals surface area contributed by atoms with E-state index in [1.54, 1.807) is 0 Å². The molecular formula is C26H34Li2N8O6. The van der Waals surface area contributed by atoms with E-state index in [4.69, 9.17) is 9.47 Å². The van der Waals surface area contributed by atoms with Gasteiger partial charge in [0.05, 0.1) is 49.8 Å². The van der Waals surface area contributed by atoms with Gasteiger partial charge in [-0.15, -0.1) is 0 Å². The summed E-state index contributed by atoms with van der Waals surface area (Å²) in [7, 11) is 0. The Hall–Kier alpha value is -2.27. The molecule has 0 radical (unpaired) electrons. The molecule has 0 saturated carbocycles. The zero-order valence-corrected chi connectivity index (χ0v) is 24.4. The third-order valence-electron chi connectivity index (χ3n) is 7.46. The number of anilines is 2. The molecule has 0 aromatic carbocycles. The fourth-order valence-electron chi connectivity index (χ4n) is 5.00. The van der Waals surface area contributed by atoms with Crippen LogP contribution in [0.2, 0.25) is 0 Å². The molecule has 4 fully saturated rings. The number of hydrogen-bond acceptors (Lipinski definition) is 14. The van der Waals surface area contributed by atoms with Gasteiger partial charge in [0.15, 0.2) is 0 Å². The largest absolute Gasteiger partial charge is 1.00 e. The summed E-state index contributed by atoms with van der Waals surface area (Å²) in [4.78, 5) is 46.8. The number of hydrogen-bond donors (Lipinski definition) is 0. The maximum absolute atomic E-state index is 10.8. The van der Waals surface area contributed by atoms with E-state index in [1.807, 2.05) is 9.80 Å². The number of carbonyl (C=O) groups excluding carboxylic acids is 2. The number of ether oxygens (including phenoxy) is 2. The molecule has 0 spiro atoms. The molecule has 6 rings (SSSR count). The van der Waals surface area contributed by atoms with Gasteiger partial charge in [-0.05, 0) is 12.1 Å². The Labute approximate surface area is 269 Å². The van der Waals surface area contributed by atoms with E-state index in [0.717, 1.165) is 91.9 Å². The number of aromatic nitrogens is 4. The second-order valence-electron chi connectivity index (χ2n) is 10.4. The minimum Gasteiger partial charge on any atom is -0.543 e. The number of carboxylic acids is 2. The molecule has 42 heavy (non-hydrogen) atoms. The van der Waals surface area contributed by atoms with Crippen molar-refractivity contribution in [3.63, 3.8) is 0 Å². The second-order valence-corrected chi connectivity index (χ2v) is 10.4. The zero-order chi connectivity index (χ0) is 27.9. The van der Waals surface area contributed by atoms with Crippen LogP contribution in [0.15, 0.2) is 24.5 Å². The fraction of sp³-hybridized carbons (Fsp3) is 0.615. The molecule has 0 bridgehead atoms. The standard InChI is InChI=1S/2C13H18N4O3.2Li/c2*18-12(19)11-1-2-14-13(15-11)17-5-3-16(4-6-17)7-10-8-20-9-10;;/h2*1-2,10H,3-9H2,(H,18,19);;/q;;2*+1/p-2. The van der Waals surface area contributed by atoms with Gasteiger partial charge in [0.2, 0.25) is 11.9 Å². The molecule has 0 amide bonds. The molecule has 6 heterocycles. The van der Waals surface area contributed by atoms with Crippen LogP contribution >= 0.6 is 0 Å². The number of aromatic carboxylic acids is 2. The zero-order valence-electron chi connectivity index (χ0n) is 24.4. The third-order valence-corrected chi connectivity index (χ3v) is 7.46. The van der Waals surface area contributed by atoms with Crippen molar-refractivity contribution in [1.82, 2.24) is 29.7 Å². The van der Waals surface area contributed by atoms with Gasteiger partial charge in [0.1, 0.15) is 0 Å². The van der Waals surface area contributed by atoms with Crippen molar-refractivity contribution < 1.29 is 67.0 Å². The first-order chi connectivity index (χ1) is 19.4. The molecule has 0 aliphatic carbocycles. The summed E-state index contributed by atoms with van der Waals surface area (Å²) in [6.45, 7) is 12.6. The summed E-state index contributed by atoms with van der Waals surface area (Å²) in [5, 5.41) is 21.6. The number of rotatable bonds is 8. The van der Waals surface area contributed by atoms with Gasteiger partial charge in [-0.25, -0.2) is 19.9 Å². The Morgan fingerprint density at radius 2 is 1.02 bits per heavy atom. The summed E-state index contributed by atoms with van der Waals surface area (Å²) >= 11 is 0. The molecule has 2 aromatic heterocycles. The molecule has 0 unspecified atom stereocenters. The first kappa shape index (κ1) is 34.2. The van der Waals surface area contributed by atoms with E-state index < -0.39 is 11.9 Å². The van der Waals surface area contributed by atoms with Gasteiger partial charge in [0.25, 0.3) is 0 Å².